The first-order valence-corrected chi connectivity index (χ1v) is 9.34. The Kier molecular flexibility index (Phi) is 9.92. The van der Waals surface area contributed by atoms with Gasteiger partial charge in [0.2, 0.25) is 5.91 Å². The molecule has 0 heterocycles. The molecule has 0 radical (unpaired) electrons. The summed E-state index contributed by atoms with van der Waals surface area (Å²) < 4.78 is 10.7. The van der Waals surface area contributed by atoms with E-state index >= 15 is 0 Å². The Morgan fingerprint density at radius 1 is 1.21 bits per heavy atom. The molecule has 0 aliphatic carbocycles. The van der Waals surface area contributed by atoms with Crippen LogP contribution in [0, 0.1) is 5.92 Å². The molecule has 0 aliphatic heterocycles. The van der Waals surface area contributed by atoms with Crippen LogP contribution in [0.3, 0.4) is 0 Å². The lowest BCUT2D eigenvalue weighted by molar-refractivity contribution is -0.127. The largest absolute Gasteiger partial charge is 0.493 e. The Bertz CT molecular complexity index is 686. The highest BCUT2D eigenvalue weighted by atomic mass is 16.5. The standard InChI is InChI=1S/C21H34N4O3/c1-15(2)12-22-21(24-14-20(26)25(4)5)23-13-16(3)10-17-8-9-18(27-6)19(11-17)28-7/h8-9,11,16H,1,10,12-14H2,2-7H3,(H2,22,23,24). The maximum absolute atomic E-state index is 11.8. The molecule has 0 spiro atoms. The van der Waals surface area contributed by atoms with Crippen molar-refractivity contribution in [3.05, 3.63) is 35.9 Å². The number of carbonyl (C=O) groups is 1. The lowest BCUT2D eigenvalue weighted by Gasteiger charge is -2.18. The molecule has 0 fully saturated rings. The second-order valence-corrected chi connectivity index (χ2v) is 7.14. The van der Waals surface area contributed by atoms with Gasteiger partial charge in [-0.1, -0.05) is 25.1 Å². The molecule has 7 nitrogen and oxygen atoms in total. The number of methoxy groups -OCH3 is 2. The summed E-state index contributed by atoms with van der Waals surface area (Å²) in [6, 6.07) is 5.96. The first kappa shape index (κ1) is 23.3. The predicted molar refractivity (Wildman–Crippen MR) is 114 cm³/mol. The zero-order valence-corrected chi connectivity index (χ0v) is 18.0. The molecule has 0 aromatic heterocycles. The number of rotatable bonds is 10. The zero-order chi connectivity index (χ0) is 21.1. The number of amides is 1. The maximum Gasteiger partial charge on any atom is 0.243 e. The van der Waals surface area contributed by atoms with Crippen molar-refractivity contribution in [3.8, 4) is 11.5 Å². The van der Waals surface area contributed by atoms with Gasteiger partial charge in [0, 0.05) is 27.2 Å². The Balaban J connectivity index is 2.68. The van der Waals surface area contributed by atoms with Crippen molar-refractivity contribution in [3.63, 3.8) is 0 Å². The van der Waals surface area contributed by atoms with E-state index in [2.05, 4.69) is 29.1 Å². The number of hydrogen-bond donors (Lipinski definition) is 2. The van der Waals surface area contributed by atoms with Crippen LogP contribution >= 0.6 is 0 Å². The van der Waals surface area contributed by atoms with Crippen LogP contribution in [0.2, 0.25) is 0 Å². The van der Waals surface area contributed by atoms with E-state index in [9.17, 15) is 4.79 Å². The van der Waals surface area contributed by atoms with Gasteiger partial charge in [-0.05, 0) is 37.0 Å². The minimum Gasteiger partial charge on any atom is -0.493 e. The van der Waals surface area contributed by atoms with Gasteiger partial charge in [-0.3, -0.25) is 4.79 Å². The van der Waals surface area contributed by atoms with Crippen LogP contribution < -0.4 is 20.1 Å². The zero-order valence-electron chi connectivity index (χ0n) is 18.0. The molecule has 1 aromatic rings. The lowest BCUT2D eigenvalue weighted by Crippen LogP contribution is -2.41. The van der Waals surface area contributed by atoms with Crippen LogP contribution in [0.4, 0.5) is 0 Å². The molecule has 28 heavy (non-hydrogen) atoms. The second kappa shape index (κ2) is 11.9. The van der Waals surface area contributed by atoms with Gasteiger partial charge in [0.1, 0.15) is 6.54 Å². The number of hydrogen-bond acceptors (Lipinski definition) is 4. The molecule has 0 aliphatic rings. The van der Waals surface area contributed by atoms with E-state index in [1.807, 2.05) is 25.1 Å². The quantitative estimate of drug-likeness (QED) is 0.363. The fraction of sp³-hybridized carbons (Fsp3) is 0.524. The summed E-state index contributed by atoms with van der Waals surface area (Å²) in [5, 5.41) is 6.51. The van der Waals surface area contributed by atoms with E-state index in [1.54, 1.807) is 28.3 Å². The number of benzene rings is 1. The summed E-state index contributed by atoms with van der Waals surface area (Å²) in [6.07, 6.45) is 0.873. The molecule has 7 heteroatoms. The minimum atomic E-state index is -0.0465. The van der Waals surface area contributed by atoms with Crippen molar-refractivity contribution < 1.29 is 14.3 Å². The van der Waals surface area contributed by atoms with Crippen molar-refractivity contribution in [2.24, 2.45) is 10.9 Å². The number of ether oxygens (including phenoxy) is 2. The lowest BCUT2D eigenvalue weighted by atomic mass is 10.0. The molecule has 2 N–H and O–H groups in total. The second-order valence-electron chi connectivity index (χ2n) is 7.14. The van der Waals surface area contributed by atoms with Gasteiger partial charge in [0.15, 0.2) is 17.5 Å². The minimum absolute atomic E-state index is 0.0465. The van der Waals surface area contributed by atoms with E-state index in [0.29, 0.717) is 25.0 Å². The third-order valence-corrected chi connectivity index (χ3v) is 4.08. The molecule has 1 atom stereocenters. The molecule has 156 valence electrons. The number of guanidine groups is 1. The first-order valence-electron chi connectivity index (χ1n) is 9.34. The Hall–Kier alpha value is -2.70. The van der Waals surface area contributed by atoms with Gasteiger partial charge < -0.3 is 25.0 Å². The highest BCUT2D eigenvalue weighted by Crippen LogP contribution is 2.28. The number of carbonyl (C=O) groups excluding carboxylic acids is 1. The topological polar surface area (TPSA) is 75.2 Å². The number of aliphatic imine (C=N–C) groups is 1. The smallest absolute Gasteiger partial charge is 0.243 e. The number of nitrogens with zero attached hydrogens (tertiary/aromatic N) is 2. The fourth-order valence-electron chi connectivity index (χ4n) is 2.45. The molecule has 0 saturated heterocycles. The van der Waals surface area contributed by atoms with Gasteiger partial charge in [0.05, 0.1) is 14.2 Å². The van der Waals surface area contributed by atoms with Gasteiger partial charge in [-0.15, -0.1) is 0 Å². The molecular formula is C21H34N4O3. The molecule has 0 bridgehead atoms. The van der Waals surface area contributed by atoms with Crippen LogP contribution in [-0.2, 0) is 11.2 Å². The summed E-state index contributed by atoms with van der Waals surface area (Å²) in [4.78, 5) is 17.7. The molecule has 1 unspecified atom stereocenters. The van der Waals surface area contributed by atoms with Gasteiger partial charge in [-0.25, -0.2) is 4.99 Å². The Morgan fingerprint density at radius 2 is 1.89 bits per heavy atom. The van der Waals surface area contributed by atoms with Crippen LogP contribution in [0.5, 0.6) is 11.5 Å². The van der Waals surface area contributed by atoms with Gasteiger partial charge >= 0.3 is 0 Å². The average Bonchev–Trinajstić information content (AvgIpc) is 2.66. The van der Waals surface area contributed by atoms with Gasteiger partial charge in [-0.2, -0.15) is 0 Å². The molecule has 1 amide bonds. The molecule has 0 saturated carbocycles. The normalized spacial score (nSPS) is 12.1. The molecule has 1 rings (SSSR count). The highest BCUT2D eigenvalue weighted by Gasteiger charge is 2.10. The van der Waals surface area contributed by atoms with E-state index in [0.717, 1.165) is 23.5 Å². The van der Waals surface area contributed by atoms with Crippen molar-refractivity contribution in [1.29, 1.82) is 0 Å². The molecule has 1 aromatic carbocycles. The van der Waals surface area contributed by atoms with Crippen molar-refractivity contribution in [2.45, 2.75) is 20.3 Å². The predicted octanol–water partition coefficient (Wildman–Crippen LogP) is 2.08. The van der Waals surface area contributed by atoms with Crippen LogP contribution in [0.25, 0.3) is 0 Å². The van der Waals surface area contributed by atoms with Crippen LogP contribution in [0.1, 0.15) is 19.4 Å². The summed E-state index contributed by atoms with van der Waals surface area (Å²) in [5.41, 5.74) is 2.16. The SMILES string of the molecule is C=C(C)CNC(=NCC(=O)N(C)C)NCC(C)Cc1ccc(OC)c(OC)c1. The average molecular weight is 391 g/mol. The fourth-order valence-corrected chi connectivity index (χ4v) is 2.45. The number of nitrogens with one attached hydrogen (secondary N) is 2. The summed E-state index contributed by atoms with van der Waals surface area (Å²) in [7, 11) is 6.70. The third-order valence-electron chi connectivity index (χ3n) is 4.08. The van der Waals surface area contributed by atoms with Crippen LogP contribution in [0.15, 0.2) is 35.3 Å². The van der Waals surface area contributed by atoms with Crippen molar-refractivity contribution in [2.75, 3.05) is 47.9 Å². The monoisotopic (exact) mass is 390 g/mol. The third kappa shape index (κ3) is 8.33. The Labute approximate surface area is 168 Å². The molecular weight excluding hydrogens is 356 g/mol. The highest BCUT2D eigenvalue weighted by molar-refractivity contribution is 5.84. The van der Waals surface area contributed by atoms with Crippen molar-refractivity contribution >= 4 is 11.9 Å². The summed E-state index contributed by atoms with van der Waals surface area (Å²) in [6.45, 7) is 9.40. The summed E-state index contributed by atoms with van der Waals surface area (Å²) >= 11 is 0. The Morgan fingerprint density at radius 3 is 2.46 bits per heavy atom. The van der Waals surface area contributed by atoms with Crippen LogP contribution in [-0.4, -0.2) is 64.7 Å². The van der Waals surface area contributed by atoms with Crippen molar-refractivity contribution in [1.82, 2.24) is 15.5 Å². The number of likely N-dealkylation sites (N-methyl/N-ethyl adjacent to an activating group) is 1. The summed E-state index contributed by atoms with van der Waals surface area (Å²) in [5.74, 6) is 2.36. The van der Waals surface area contributed by atoms with Gasteiger partial charge in [0.25, 0.3) is 0 Å². The maximum atomic E-state index is 11.8. The van der Waals surface area contributed by atoms with E-state index in [4.69, 9.17) is 9.47 Å². The van der Waals surface area contributed by atoms with E-state index in [-0.39, 0.29) is 12.5 Å². The first-order chi connectivity index (χ1) is 13.3. The van der Waals surface area contributed by atoms with E-state index in [1.165, 1.54) is 10.5 Å². The van der Waals surface area contributed by atoms with E-state index < -0.39 is 0 Å².